The van der Waals surface area contributed by atoms with Crippen molar-refractivity contribution >= 4 is 23.9 Å². The number of aromatic hydroxyl groups is 1. The van der Waals surface area contributed by atoms with Crippen LogP contribution in [0.3, 0.4) is 0 Å². The molecule has 3 amide bonds. The van der Waals surface area contributed by atoms with Crippen LogP contribution in [-0.4, -0.2) is 64.7 Å². The van der Waals surface area contributed by atoms with E-state index in [-0.39, 0.29) is 42.8 Å². The van der Waals surface area contributed by atoms with Gasteiger partial charge in [-0.3, -0.25) is 14.4 Å². The standard InChI is InChI=1S/C28H43N3O7/c1-8-37-22(32)14-15-29-25(34)23(20-11-9-10-18(4)24(20)33)31(19-12-13-19)26(35)21(16-17(2)3)30-27(36)38-28(5,6)7/h9-11,17,19,21,23,33H,8,12-16H2,1-7H3,(H,29,34)(H,30,36). The summed E-state index contributed by atoms with van der Waals surface area (Å²) in [7, 11) is 0. The Morgan fingerprint density at radius 3 is 2.37 bits per heavy atom. The van der Waals surface area contributed by atoms with Crippen LogP contribution < -0.4 is 10.6 Å². The Hall–Kier alpha value is -3.30. The topological polar surface area (TPSA) is 134 Å². The summed E-state index contributed by atoms with van der Waals surface area (Å²) >= 11 is 0. The predicted molar refractivity (Wildman–Crippen MR) is 142 cm³/mol. The average Bonchev–Trinajstić information content (AvgIpc) is 3.62. The molecule has 2 atom stereocenters. The van der Waals surface area contributed by atoms with Gasteiger partial charge in [-0.15, -0.1) is 0 Å². The molecule has 10 heteroatoms. The molecule has 1 aliphatic carbocycles. The molecule has 38 heavy (non-hydrogen) atoms. The van der Waals surface area contributed by atoms with E-state index in [0.29, 0.717) is 24.8 Å². The van der Waals surface area contributed by atoms with Crippen molar-refractivity contribution in [1.29, 1.82) is 0 Å². The molecule has 0 saturated heterocycles. The van der Waals surface area contributed by atoms with Gasteiger partial charge < -0.3 is 30.1 Å². The number of phenols is 1. The lowest BCUT2D eigenvalue weighted by Gasteiger charge is -2.35. The molecular formula is C28H43N3O7. The van der Waals surface area contributed by atoms with Crippen molar-refractivity contribution in [3.05, 3.63) is 29.3 Å². The van der Waals surface area contributed by atoms with E-state index >= 15 is 0 Å². The van der Waals surface area contributed by atoms with Crippen molar-refractivity contribution < 1.29 is 33.8 Å². The third kappa shape index (κ3) is 9.22. The van der Waals surface area contributed by atoms with Crippen molar-refractivity contribution in [2.45, 2.75) is 97.9 Å². The van der Waals surface area contributed by atoms with E-state index in [0.717, 1.165) is 0 Å². The van der Waals surface area contributed by atoms with Gasteiger partial charge in [0.2, 0.25) is 11.8 Å². The summed E-state index contributed by atoms with van der Waals surface area (Å²) in [5, 5.41) is 16.3. The average molecular weight is 534 g/mol. The predicted octanol–water partition coefficient (Wildman–Crippen LogP) is 3.74. The number of nitrogens with zero attached hydrogens (tertiary/aromatic N) is 1. The molecule has 1 fully saturated rings. The van der Waals surface area contributed by atoms with Gasteiger partial charge in [0.1, 0.15) is 23.4 Å². The van der Waals surface area contributed by atoms with Gasteiger partial charge in [-0.25, -0.2) is 4.79 Å². The molecule has 0 heterocycles. The number of ether oxygens (including phenoxy) is 2. The van der Waals surface area contributed by atoms with Crippen molar-refractivity contribution in [2.75, 3.05) is 13.2 Å². The van der Waals surface area contributed by atoms with Gasteiger partial charge in [-0.1, -0.05) is 32.0 Å². The van der Waals surface area contributed by atoms with Crippen molar-refractivity contribution in [1.82, 2.24) is 15.5 Å². The number of rotatable bonds is 12. The number of carbonyl (C=O) groups is 4. The maximum Gasteiger partial charge on any atom is 0.408 e. The van der Waals surface area contributed by atoms with Crippen LogP contribution in [0.5, 0.6) is 5.75 Å². The molecule has 0 radical (unpaired) electrons. The normalized spacial score (nSPS) is 14.8. The lowest BCUT2D eigenvalue weighted by atomic mass is 9.97. The fraction of sp³-hybridized carbons (Fsp3) is 0.643. The van der Waals surface area contributed by atoms with Crippen molar-refractivity contribution in [3.8, 4) is 5.75 Å². The molecule has 2 rings (SSSR count). The van der Waals surface area contributed by atoms with Crippen LogP contribution in [-0.2, 0) is 23.9 Å². The Kier molecular flexibility index (Phi) is 11.0. The zero-order chi connectivity index (χ0) is 28.6. The van der Waals surface area contributed by atoms with Gasteiger partial charge in [-0.05, 0) is 65.4 Å². The first-order valence-electron chi connectivity index (χ1n) is 13.3. The van der Waals surface area contributed by atoms with E-state index in [1.54, 1.807) is 52.8 Å². The molecule has 0 aliphatic heterocycles. The second-order valence-electron chi connectivity index (χ2n) is 11.1. The minimum absolute atomic E-state index is 0.0129. The highest BCUT2D eigenvalue weighted by Crippen LogP contribution is 2.39. The maximum atomic E-state index is 14.1. The van der Waals surface area contributed by atoms with Gasteiger partial charge >= 0.3 is 12.1 Å². The number of amides is 3. The molecule has 3 N–H and O–H groups in total. The summed E-state index contributed by atoms with van der Waals surface area (Å²) in [4.78, 5) is 53.5. The first-order chi connectivity index (χ1) is 17.7. The molecule has 212 valence electrons. The molecule has 0 aromatic heterocycles. The van der Waals surface area contributed by atoms with E-state index in [1.165, 1.54) is 4.90 Å². The largest absolute Gasteiger partial charge is 0.507 e. The minimum atomic E-state index is -1.16. The number of esters is 1. The molecule has 0 spiro atoms. The number of nitrogens with one attached hydrogen (secondary N) is 2. The van der Waals surface area contributed by atoms with E-state index in [1.807, 2.05) is 13.8 Å². The Balaban J connectivity index is 2.43. The summed E-state index contributed by atoms with van der Waals surface area (Å²) in [6.07, 6.45) is 0.955. The molecular weight excluding hydrogens is 490 g/mol. The Morgan fingerprint density at radius 2 is 1.82 bits per heavy atom. The van der Waals surface area contributed by atoms with Crippen molar-refractivity contribution in [2.24, 2.45) is 5.92 Å². The van der Waals surface area contributed by atoms with Crippen LogP contribution in [0.25, 0.3) is 0 Å². The molecule has 1 aromatic rings. The van der Waals surface area contributed by atoms with E-state index in [2.05, 4.69) is 10.6 Å². The molecule has 0 bridgehead atoms. The quantitative estimate of drug-likeness (QED) is 0.348. The van der Waals surface area contributed by atoms with Crippen LogP contribution in [0, 0.1) is 12.8 Å². The minimum Gasteiger partial charge on any atom is -0.507 e. The van der Waals surface area contributed by atoms with Crippen LogP contribution >= 0.6 is 0 Å². The van der Waals surface area contributed by atoms with Gasteiger partial charge in [-0.2, -0.15) is 0 Å². The first-order valence-corrected chi connectivity index (χ1v) is 13.3. The summed E-state index contributed by atoms with van der Waals surface area (Å²) in [5.74, 6) is -1.44. The zero-order valence-corrected chi connectivity index (χ0v) is 23.6. The van der Waals surface area contributed by atoms with E-state index < -0.39 is 41.6 Å². The number of hydrogen-bond acceptors (Lipinski definition) is 7. The van der Waals surface area contributed by atoms with Crippen LogP contribution in [0.4, 0.5) is 4.79 Å². The number of alkyl carbamates (subject to hydrolysis) is 1. The summed E-state index contributed by atoms with van der Waals surface area (Å²) in [6.45, 7) is 12.7. The lowest BCUT2D eigenvalue weighted by Crippen LogP contribution is -2.54. The van der Waals surface area contributed by atoms with Crippen LogP contribution in [0.1, 0.15) is 84.4 Å². The maximum absolute atomic E-state index is 14.1. The summed E-state index contributed by atoms with van der Waals surface area (Å²) < 4.78 is 10.3. The number of hydrogen-bond donors (Lipinski definition) is 3. The van der Waals surface area contributed by atoms with Gasteiger partial charge in [0.15, 0.2) is 0 Å². The lowest BCUT2D eigenvalue weighted by molar-refractivity contribution is -0.145. The third-order valence-electron chi connectivity index (χ3n) is 5.91. The zero-order valence-electron chi connectivity index (χ0n) is 23.6. The number of para-hydroxylation sites is 1. The Labute approximate surface area is 225 Å². The Morgan fingerprint density at radius 1 is 1.16 bits per heavy atom. The number of benzene rings is 1. The second kappa shape index (κ2) is 13.5. The molecule has 1 aromatic carbocycles. The second-order valence-corrected chi connectivity index (χ2v) is 11.1. The fourth-order valence-electron chi connectivity index (χ4n) is 4.13. The Bertz CT molecular complexity index is 999. The van der Waals surface area contributed by atoms with E-state index in [9.17, 15) is 24.3 Å². The summed E-state index contributed by atoms with van der Waals surface area (Å²) in [6, 6.07) is 2.70. The fourth-order valence-corrected chi connectivity index (χ4v) is 4.13. The first kappa shape index (κ1) is 30.9. The molecule has 1 saturated carbocycles. The summed E-state index contributed by atoms with van der Waals surface area (Å²) in [5.41, 5.74) is 0.0838. The highest BCUT2D eigenvalue weighted by molar-refractivity contribution is 5.93. The number of aryl methyl sites for hydroxylation is 1. The van der Waals surface area contributed by atoms with Crippen LogP contribution in [0.2, 0.25) is 0 Å². The highest BCUT2D eigenvalue weighted by atomic mass is 16.6. The number of phenolic OH excluding ortho intramolecular Hbond substituents is 1. The molecule has 1 aliphatic rings. The number of carbonyl (C=O) groups excluding carboxylic acids is 4. The van der Waals surface area contributed by atoms with Gasteiger partial charge in [0.25, 0.3) is 0 Å². The molecule has 10 nitrogen and oxygen atoms in total. The van der Waals surface area contributed by atoms with E-state index in [4.69, 9.17) is 9.47 Å². The molecule has 2 unspecified atom stereocenters. The third-order valence-corrected chi connectivity index (χ3v) is 5.91. The van der Waals surface area contributed by atoms with Crippen molar-refractivity contribution in [3.63, 3.8) is 0 Å². The SMILES string of the molecule is CCOC(=O)CCNC(=O)C(c1cccc(C)c1O)N(C(=O)C(CC(C)C)NC(=O)OC(C)(C)C)C1CC1. The van der Waals surface area contributed by atoms with Crippen LogP contribution in [0.15, 0.2) is 18.2 Å². The van der Waals surface area contributed by atoms with Gasteiger partial charge in [0.05, 0.1) is 13.0 Å². The highest BCUT2D eigenvalue weighted by Gasteiger charge is 2.45. The van der Waals surface area contributed by atoms with Gasteiger partial charge in [0, 0.05) is 18.2 Å². The monoisotopic (exact) mass is 533 g/mol. The smallest absolute Gasteiger partial charge is 0.408 e.